The smallest absolute Gasteiger partial charge is 0.126 e. The van der Waals surface area contributed by atoms with Crippen LogP contribution >= 0.6 is 0 Å². The molecule has 31 heavy (non-hydrogen) atoms. The van der Waals surface area contributed by atoms with Crippen molar-refractivity contribution >= 4 is 0 Å². The highest BCUT2D eigenvalue weighted by atomic mass is 16.5. The normalized spacial score (nSPS) is 21.2. The first-order chi connectivity index (χ1) is 14.5. The molecule has 0 unspecified atom stereocenters. The fourth-order valence-electron chi connectivity index (χ4n) is 4.11. The van der Waals surface area contributed by atoms with Crippen LogP contribution in [0.5, 0.6) is 11.5 Å². The molecule has 4 heteroatoms. The van der Waals surface area contributed by atoms with E-state index in [0.29, 0.717) is 5.75 Å². The monoisotopic (exact) mass is 428 g/mol. The van der Waals surface area contributed by atoms with Crippen LogP contribution < -0.4 is 4.74 Å². The van der Waals surface area contributed by atoms with E-state index in [1.165, 1.54) is 5.57 Å². The molecule has 1 aromatic carbocycles. The predicted molar refractivity (Wildman–Crippen MR) is 128 cm³/mol. The van der Waals surface area contributed by atoms with Crippen LogP contribution in [0.3, 0.4) is 0 Å². The van der Waals surface area contributed by atoms with E-state index >= 15 is 0 Å². The van der Waals surface area contributed by atoms with Crippen molar-refractivity contribution in [2.75, 3.05) is 0 Å². The molecule has 3 N–H and O–H groups in total. The van der Waals surface area contributed by atoms with Gasteiger partial charge in [0, 0.05) is 0 Å². The Morgan fingerprint density at radius 3 is 2.52 bits per heavy atom. The number of fused-ring (bicyclic) bond motifs is 1. The lowest BCUT2D eigenvalue weighted by molar-refractivity contribution is 0.0561. The van der Waals surface area contributed by atoms with Gasteiger partial charge in [-0.05, 0) is 109 Å². The number of aryl methyl sites for hydroxylation is 2. The molecule has 0 fully saturated rings. The SMILES string of the molecule is CC(C)=C[C@@H](O)[C@H](O)/C(C)=C/CC/C(C)=C/CC[C@@]1(C)CCc2cc(O)cc(C)c2O1. The lowest BCUT2D eigenvalue weighted by Gasteiger charge is -2.36. The molecule has 3 atom stereocenters. The highest BCUT2D eigenvalue weighted by Crippen LogP contribution is 2.39. The van der Waals surface area contributed by atoms with Crippen molar-refractivity contribution in [2.24, 2.45) is 0 Å². The minimum atomic E-state index is -0.855. The first-order valence-electron chi connectivity index (χ1n) is 11.4. The highest BCUT2D eigenvalue weighted by molar-refractivity contribution is 5.47. The summed E-state index contributed by atoms with van der Waals surface area (Å²) < 4.78 is 6.37. The molecule has 1 aliphatic rings. The van der Waals surface area contributed by atoms with Gasteiger partial charge in [-0.3, -0.25) is 0 Å². The Hall–Kier alpha value is -2.04. The van der Waals surface area contributed by atoms with E-state index < -0.39 is 12.2 Å². The quantitative estimate of drug-likeness (QED) is 0.427. The van der Waals surface area contributed by atoms with Crippen LogP contribution in [-0.4, -0.2) is 33.1 Å². The second kappa shape index (κ2) is 11.0. The van der Waals surface area contributed by atoms with Gasteiger partial charge in [-0.1, -0.05) is 29.4 Å². The average Bonchev–Trinajstić information content (AvgIpc) is 2.67. The Labute approximate surface area is 188 Å². The summed E-state index contributed by atoms with van der Waals surface area (Å²) in [5, 5.41) is 30.0. The van der Waals surface area contributed by atoms with Crippen LogP contribution in [0, 0.1) is 6.92 Å². The molecule has 0 bridgehead atoms. The van der Waals surface area contributed by atoms with Gasteiger partial charge in [0.2, 0.25) is 0 Å². The molecule has 4 nitrogen and oxygen atoms in total. The number of benzene rings is 1. The molecule has 172 valence electrons. The third-order valence-corrected chi connectivity index (χ3v) is 6.07. The Morgan fingerprint density at radius 2 is 1.84 bits per heavy atom. The third kappa shape index (κ3) is 7.55. The molecule has 2 rings (SSSR count). The first-order valence-corrected chi connectivity index (χ1v) is 11.4. The number of aromatic hydroxyl groups is 1. The lowest BCUT2D eigenvalue weighted by atomic mass is 9.87. The molecule has 0 aromatic heterocycles. The van der Waals surface area contributed by atoms with Crippen molar-refractivity contribution in [1.82, 2.24) is 0 Å². The highest BCUT2D eigenvalue weighted by Gasteiger charge is 2.32. The Morgan fingerprint density at radius 1 is 1.13 bits per heavy atom. The van der Waals surface area contributed by atoms with Crippen LogP contribution in [0.4, 0.5) is 0 Å². The number of ether oxygens (including phenoxy) is 1. The number of rotatable bonds is 9. The van der Waals surface area contributed by atoms with Crippen molar-refractivity contribution in [1.29, 1.82) is 0 Å². The van der Waals surface area contributed by atoms with Gasteiger partial charge in [0.15, 0.2) is 0 Å². The van der Waals surface area contributed by atoms with E-state index in [2.05, 4.69) is 19.9 Å². The van der Waals surface area contributed by atoms with Crippen LogP contribution in [0.25, 0.3) is 0 Å². The second-order valence-electron chi connectivity index (χ2n) is 9.56. The number of aliphatic hydroxyl groups is 2. The minimum absolute atomic E-state index is 0.187. The average molecular weight is 429 g/mol. The summed E-state index contributed by atoms with van der Waals surface area (Å²) in [6.45, 7) is 12.0. The number of aliphatic hydroxyl groups excluding tert-OH is 2. The summed E-state index contributed by atoms with van der Waals surface area (Å²) >= 11 is 0. The van der Waals surface area contributed by atoms with Gasteiger partial charge in [-0.2, -0.15) is 0 Å². The number of allylic oxidation sites excluding steroid dienone is 4. The van der Waals surface area contributed by atoms with Crippen LogP contribution in [-0.2, 0) is 6.42 Å². The fraction of sp³-hybridized carbons (Fsp3) is 0.556. The van der Waals surface area contributed by atoms with Gasteiger partial charge in [-0.15, -0.1) is 0 Å². The summed E-state index contributed by atoms with van der Waals surface area (Å²) in [7, 11) is 0. The number of phenolic OH excluding ortho intramolecular Hbond substituents is 1. The Balaban J connectivity index is 1.84. The zero-order valence-electron chi connectivity index (χ0n) is 20.0. The maximum atomic E-state index is 10.2. The molecule has 1 aromatic rings. The molecule has 0 saturated heterocycles. The molecular formula is C27H40O4. The van der Waals surface area contributed by atoms with E-state index in [0.717, 1.165) is 66.5 Å². The Bertz CT molecular complexity index is 845. The number of hydrogen-bond acceptors (Lipinski definition) is 4. The zero-order valence-corrected chi connectivity index (χ0v) is 20.0. The van der Waals surface area contributed by atoms with Gasteiger partial charge < -0.3 is 20.1 Å². The standard InChI is InChI=1S/C27H40O4/c1-18(2)15-24(29)25(30)20(4)11-7-9-19(3)10-8-13-27(6)14-12-22-17-23(28)16-21(5)26(22)31-27/h10-11,15-17,24-25,28-30H,7-9,12-14H2,1-6H3/b19-10+,20-11+/t24-,25-,27+/m1/s1. The first kappa shape index (κ1) is 25.2. The number of phenols is 1. The summed E-state index contributed by atoms with van der Waals surface area (Å²) in [5.41, 5.74) is 5.02. The molecule has 0 saturated carbocycles. The summed E-state index contributed by atoms with van der Waals surface area (Å²) in [5.74, 6) is 1.24. The van der Waals surface area contributed by atoms with Gasteiger partial charge >= 0.3 is 0 Å². The molecule has 0 spiro atoms. The van der Waals surface area contributed by atoms with Gasteiger partial charge in [0.1, 0.15) is 29.3 Å². The second-order valence-corrected chi connectivity index (χ2v) is 9.56. The Kier molecular flexibility index (Phi) is 8.96. The van der Waals surface area contributed by atoms with E-state index in [1.807, 2.05) is 39.8 Å². The largest absolute Gasteiger partial charge is 0.508 e. The summed E-state index contributed by atoms with van der Waals surface area (Å²) in [6, 6.07) is 3.58. The van der Waals surface area contributed by atoms with Crippen molar-refractivity contribution in [3.8, 4) is 11.5 Å². The van der Waals surface area contributed by atoms with E-state index in [9.17, 15) is 15.3 Å². The van der Waals surface area contributed by atoms with Crippen LogP contribution in [0.1, 0.15) is 77.8 Å². The van der Waals surface area contributed by atoms with Gasteiger partial charge in [-0.25, -0.2) is 0 Å². The minimum Gasteiger partial charge on any atom is -0.508 e. The summed E-state index contributed by atoms with van der Waals surface area (Å²) in [4.78, 5) is 0. The van der Waals surface area contributed by atoms with E-state index in [-0.39, 0.29) is 5.60 Å². The topological polar surface area (TPSA) is 69.9 Å². The van der Waals surface area contributed by atoms with Crippen molar-refractivity contribution in [2.45, 2.75) is 97.9 Å². The number of hydrogen-bond donors (Lipinski definition) is 3. The van der Waals surface area contributed by atoms with E-state index in [4.69, 9.17) is 4.74 Å². The fourth-order valence-corrected chi connectivity index (χ4v) is 4.11. The molecule has 0 radical (unpaired) electrons. The van der Waals surface area contributed by atoms with Crippen molar-refractivity contribution in [3.05, 3.63) is 58.2 Å². The molecule has 0 aliphatic carbocycles. The van der Waals surface area contributed by atoms with Crippen molar-refractivity contribution in [3.63, 3.8) is 0 Å². The molecule has 1 aliphatic heterocycles. The molecule has 1 heterocycles. The lowest BCUT2D eigenvalue weighted by Crippen LogP contribution is -2.36. The third-order valence-electron chi connectivity index (χ3n) is 6.07. The maximum absolute atomic E-state index is 10.2. The van der Waals surface area contributed by atoms with Crippen molar-refractivity contribution < 1.29 is 20.1 Å². The van der Waals surface area contributed by atoms with Gasteiger partial charge in [0.25, 0.3) is 0 Å². The van der Waals surface area contributed by atoms with E-state index in [1.54, 1.807) is 12.1 Å². The molecular weight excluding hydrogens is 388 g/mol. The molecule has 0 amide bonds. The van der Waals surface area contributed by atoms with Gasteiger partial charge in [0.05, 0.1) is 0 Å². The summed E-state index contributed by atoms with van der Waals surface area (Å²) in [6.07, 6.45) is 9.84. The predicted octanol–water partition coefficient (Wildman–Crippen LogP) is 5.93. The zero-order chi connectivity index (χ0) is 23.2. The van der Waals surface area contributed by atoms with Crippen LogP contribution in [0.15, 0.2) is 47.1 Å². The van der Waals surface area contributed by atoms with Crippen LogP contribution in [0.2, 0.25) is 0 Å². The maximum Gasteiger partial charge on any atom is 0.126 e.